The molecule has 0 spiro atoms. The summed E-state index contributed by atoms with van der Waals surface area (Å²) in [6.07, 6.45) is 1.74. The minimum atomic E-state index is 0. The average Bonchev–Trinajstić information content (AvgIpc) is 2.23. The van der Waals surface area contributed by atoms with E-state index >= 15 is 0 Å². The summed E-state index contributed by atoms with van der Waals surface area (Å²) in [5.74, 6) is 2.02. The SMILES string of the molecule is [CH2-][AsH2].[CH2-][C@H]1O[C@H](CC)C(C)[C@H](C)[C@H]1C.[Y]. The predicted octanol–water partition coefficient (Wildman–Crippen LogP) is 2.31. The van der Waals surface area contributed by atoms with Crippen LogP contribution in [0.15, 0.2) is 0 Å². The molecular formula is C12H25AsOY-2. The largest absolute Gasteiger partial charge is 0.406 e. The smallest absolute Gasteiger partial charge is 0.0568 e. The van der Waals surface area contributed by atoms with Crippen molar-refractivity contribution in [3.05, 3.63) is 12.6 Å². The Labute approximate surface area is 130 Å². The molecule has 1 aliphatic rings. The molecule has 3 heteroatoms. The van der Waals surface area contributed by atoms with Crippen molar-refractivity contribution in [1.29, 1.82) is 0 Å². The molecular weight excluding hydrogens is 324 g/mol. The van der Waals surface area contributed by atoms with Gasteiger partial charge in [-0.2, -0.15) is 0 Å². The minimum absolute atomic E-state index is 0. The molecule has 2 unspecified atom stereocenters. The van der Waals surface area contributed by atoms with Gasteiger partial charge in [-0.05, 0) is 24.2 Å². The third kappa shape index (κ3) is 5.20. The first-order valence-electron chi connectivity index (χ1n) is 5.47. The Kier molecular flexibility index (Phi) is 12.2. The molecule has 1 rings (SSSR count). The van der Waals surface area contributed by atoms with E-state index < -0.39 is 0 Å². The van der Waals surface area contributed by atoms with E-state index in [4.69, 9.17) is 4.74 Å². The van der Waals surface area contributed by atoms with Gasteiger partial charge in [0.15, 0.2) is 0 Å². The Morgan fingerprint density at radius 2 is 1.53 bits per heavy atom. The fourth-order valence-corrected chi connectivity index (χ4v) is 2.10. The van der Waals surface area contributed by atoms with Crippen LogP contribution in [-0.4, -0.2) is 29.1 Å². The topological polar surface area (TPSA) is 9.23 Å². The molecule has 1 heterocycles. The van der Waals surface area contributed by atoms with Gasteiger partial charge < -0.3 is 11.7 Å². The molecule has 0 aromatic heterocycles. The van der Waals surface area contributed by atoms with E-state index in [2.05, 4.69) is 40.3 Å². The van der Waals surface area contributed by atoms with Crippen molar-refractivity contribution in [2.45, 2.75) is 46.3 Å². The molecule has 0 aromatic rings. The maximum atomic E-state index is 5.82. The fraction of sp³-hybridized carbons (Fsp3) is 0.833. The molecule has 1 radical (unpaired) electrons. The quantitative estimate of drug-likeness (QED) is 0.522. The van der Waals surface area contributed by atoms with Crippen LogP contribution in [0.25, 0.3) is 0 Å². The molecule has 0 amide bonds. The molecule has 1 saturated heterocycles. The van der Waals surface area contributed by atoms with Gasteiger partial charge in [-0.25, -0.2) is 0 Å². The third-order valence-electron chi connectivity index (χ3n) is 3.58. The van der Waals surface area contributed by atoms with E-state index in [1.807, 2.05) is 0 Å². The van der Waals surface area contributed by atoms with Gasteiger partial charge in [-0.3, -0.25) is 0 Å². The van der Waals surface area contributed by atoms with Crippen LogP contribution < -0.4 is 0 Å². The molecule has 6 atom stereocenters. The van der Waals surface area contributed by atoms with Gasteiger partial charge in [0.1, 0.15) is 0 Å². The predicted molar refractivity (Wildman–Crippen MR) is 65.7 cm³/mol. The van der Waals surface area contributed by atoms with Gasteiger partial charge in [0.2, 0.25) is 0 Å². The zero-order valence-electron chi connectivity index (χ0n) is 10.6. The fourth-order valence-electron chi connectivity index (χ4n) is 2.10. The molecule has 0 aliphatic carbocycles. The number of hydrogen-bond acceptors (Lipinski definition) is 1. The number of hydrogen-bond donors (Lipinski definition) is 0. The van der Waals surface area contributed by atoms with Crippen molar-refractivity contribution in [2.24, 2.45) is 17.8 Å². The summed E-state index contributed by atoms with van der Waals surface area (Å²) in [4.78, 5) is 0. The van der Waals surface area contributed by atoms with Crippen molar-refractivity contribution in [3.8, 4) is 0 Å². The normalized spacial score (nSPS) is 39.8. The molecule has 0 bridgehead atoms. The van der Waals surface area contributed by atoms with E-state index in [1.165, 1.54) is 16.9 Å². The van der Waals surface area contributed by atoms with Gasteiger partial charge in [0, 0.05) is 32.7 Å². The summed E-state index contributed by atoms with van der Waals surface area (Å²) < 4.78 is 5.82. The van der Waals surface area contributed by atoms with Crippen LogP contribution in [0.1, 0.15) is 34.1 Å². The summed E-state index contributed by atoms with van der Waals surface area (Å²) in [5.41, 5.74) is 3.31. The van der Waals surface area contributed by atoms with Crippen molar-refractivity contribution < 1.29 is 37.4 Å². The van der Waals surface area contributed by atoms with Crippen molar-refractivity contribution in [1.82, 2.24) is 0 Å². The van der Waals surface area contributed by atoms with Crippen LogP contribution >= 0.6 is 0 Å². The van der Waals surface area contributed by atoms with E-state index in [-0.39, 0.29) is 38.8 Å². The van der Waals surface area contributed by atoms with Crippen LogP contribution in [0.5, 0.6) is 0 Å². The first-order valence-corrected chi connectivity index (χ1v) is 7.18. The van der Waals surface area contributed by atoms with Crippen molar-refractivity contribution in [2.75, 3.05) is 0 Å². The van der Waals surface area contributed by atoms with Gasteiger partial charge in [0.05, 0.1) is 6.10 Å². The molecule has 89 valence electrons. The van der Waals surface area contributed by atoms with E-state index in [0.29, 0.717) is 17.9 Å². The van der Waals surface area contributed by atoms with E-state index in [0.717, 1.165) is 12.3 Å². The Balaban J connectivity index is 0. The zero-order chi connectivity index (χ0) is 11.3. The van der Waals surface area contributed by atoms with Gasteiger partial charge >= 0.3 is 22.6 Å². The number of rotatable bonds is 1. The maximum absolute atomic E-state index is 5.82. The summed E-state index contributed by atoms with van der Waals surface area (Å²) in [6.45, 7) is 13.1. The van der Waals surface area contributed by atoms with Gasteiger partial charge in [0.25, 0.3) is 0 Å². The minimum Gasteiger partial charge on any atom is -0.406 e. The van der Waals surface area contributed by atoms with Gasteiger partial charge in [-0.15, -0.1) is 0 Å². The molecule has 0 saturated carbocycles. The van der Waals surface area contributed by atoms with Crippen LogP contribution in [0, 0.1) is 30.4 Å². The van der Waals surface area contributed by atoms with Crippen LogP contribution in [-0.2, 0) is 37.4 Å². The Morgan fingerprint density at radius 3 is 1.93 bits per heavy atom. The van der Waals surface area contributed by atoms with Crippen LogP contribution in [0.2, 0.25) is 0 Å². The first-order chi connectivity index (χ1) is 6.57. The zero-order valence-corrected chi connectivity index (χ0v) is 15.8. The molecule has 1 nitrogen and oxygen atoms in total. The summed E-state index contributed by atoms with van der Waals surface area (Å²) in [7, 11) is 0. The van der Waals surface area contributed by atoms with E-state index in [1.54, 1.807) is 0 Å². The molecule has 15 heavy (non-hydrogen) atoms. The Morgan fingerprint density at radius 1 is 1.07 bits per heavy atom. The third-order valence-corrected chi connectivity index (χ3v) is 3.58. The van der Waals surface area contributed by atoms with E-state index in [9.17, 15) is 0 Å². The molecule has 1 aliphatic heterocycles. The second-order valence-corrected chi connectivity index (χ2v) is 4.20. The summed E-state index contributed by atoms with van der Waals surface area (Å²) >= 11 is 1.44. The molecule has 0 aromatic carbocycles. The number of ether oxygens (including phenoxy) is 1. The summed E-state index contributed by atoms with van der Waals surface area (Å²) in [5, 5.41) is 0. The van der Waals surface area contributed by atoms with Crippen molar-refractivity contribution >= 4 is 16.9 Å². The summed E-state index contributed by atoms with van der Waals surface area (Å²) in [6, 6.07) is 0. The second-order valence-electron chi connectivity index (χ2n) is 4.20. The average molecular weight is 349 g/mol. The molecule has 1 fully saturated rings. The standard InChI is InChI=1S/C11H21O.CH4As.Y/c1-6-11-9(4)7(2)8(3)10(5)12-11;1-2;/h7-11H,5-6H2,1-4H3;1-2H2;/q2*-1;/t7-,8-,9?,10-,11-;;/m1../s1. The van der Waals surface area contributed by atoms with Crippen LogP contribution in [0.4, 0.5) is 0 Å². The van der Waals surface area contributed by atoms with Crippen molar-refractivity contribution in [3.63, 3.8) is 0 Å². The van der Waals surface area contributed by atoms with Crippen LogP contribution in [0.3, 0.4) is 0 Å². The Hall–Kier alpha value is 1.62. The van der Waals surface area contributed by atoms with Gasteiger partial charge in [-0.1, -0.05) is 33.8 Å². The maximum Gasteiger partial charge on any atom is 0.0568 e. The first kappa shape index (κ1) is 19.0. The molecule has 0 N–H and O–H groups in total. The Bertz CT molecular complexity index is 150. The monoisotopic (exact) mass is 349 g/mol. The second kappa shape index (κ2) is 9.63.